The van der Waals surface area contributed by atoms with Gasteiger partial charge in [0.05, 0.1) is 5.69 Å². The van der Waals surface area contributed by atoms with Gasteiger partial charge in [-0.15, -0.1) is 0 Å². The summed E-state index contributed by atoms with van der Waals surface area (Å²) in [5.41, 5.74) is 0.384. The number of pyridine rings is 1. The van der Waals surface area contributed by atoms with Crippen LogP contribution in [0, 0.1) is 12.2 Å². The molecule has 0 N–H and O–H groups in total. The van der Waals surface area contributed by atoms with Gasteiger partial charge in [0.25, 0.3) is 0 Å². The van der Waals surface area contributed by atoms with E-state index in [-0.39, 0.29) is 5.82 Å². The molecule has 0 amide bonds. The van der Waals surface area contributed by atoms with Crippen LogP contribution >= 0.6 is 15.9 Å². The molecule has 1 rings (SSSR count). The molecule has 0 atom stereocenters. The molecule has 10 heavy (non-hydrogen) atoms. The summed E-state index contributed by atoms with van der Waals surface area (Å²) in [5, 5.41) is 0. The summed E-state index contributed by atoms with van der Waals surface area (Å²) in [4.78, 5) is 3.88. The number of halogens is 2. The first-order valence-corrected chi connectivity index (χ1v) is 3.64. The summed E-state index contributed by atoms with van der Waals surface area (Å²) in [5.74, 6) is -0.286. The highest BCUT2D eigenvalue weighted by Crippen LogP contribution is 2.11. The fourth-order valence-electron chi connectivity index (χ4n) is 0.635. The summed E-state index contributed by atoms with van der Waals surface area (Å²) in [6, 6.07) is 2.95. The maximum Gasteiger partial charge on any atom is 0.145 e. The van der Waals surface area contributed by atoms with Gasteiger partial charge in [0, 0.05) is 6.42 Å². The summed E-state index contributed by atoms with van der Waals surface area (Å²) >= 11 is 3.14. The Morgan fingerprint density at radius 3 is 2.80 bits per heavy atom. The lowest BCUT2D eigenvalue weighted by atomic mass is 10.3. The maximum absolute atomic E-state index is 12.7. The van der Waals surface area contributed by atoms with E-state index in [1.165, 1.54) is 6.07 Å². The highest BCUT2D eigenvalue weighted by Gasteiger charge is 2.00. The average molecular weight is 203 g/mol. The van der Waals surface area contributed by atoms with Crippen LogP contribution in [0.5, 0.6) is 0 Å². The SMILES string of the molecule is C[CH]c1nc(Br)ccc1F. The Bertz CT molecular complexity index is 237. The first kappa shape index (κ1) is 7.66. The third kappa shape index (κ3) is 1.53. The minimum Gasteiger partial charge on any atom is -0.243 e. The zero-order chi connectivity index (χ0) is 7.56. The number of hydrogen-bond acceptors (Lipinski definition) is 1. The Kier molecular flexibility index (Phi) is 2.38. The van der Waals surface area contributed by atoms with Crippen LogP contribution in [0.15, 0.2) is 16.7 Å². The second-order valence-electron chi connectivity index (χ2n) is 1.79. The van der Waals surface area contributed by atoms with E-state index in [0.29, 0.717) is 10.3 Å². The highest BCUT2D eigenvalue weighted by molar-refractivity contribution is 9.10. The molecule has 3 heteroatoms. The van der Waals surface area contributed by atoms with E-state index in [1.54, 1.807) is 19.4 Å². The van der Waals surface area contributed by atoms with Gasteiger partial charge >= 0.3 is 0 Å². The standard InChI is InChI=1S/C7H6BrFN/c1-2-6-5(9)3-4-7(8)10-6/h2-4H,1H3. The molecule has 0 spiro atoms. The highest BCUT2D eigenvalue weighted by atomic mass is 79.9. The van der Waals surface area contributed by atoms with Gasteiger partial charge in [-0.25, -0.2) is 9.37 Å². The molecular weight excluding hydrogens is 197 g/mol. The molecule has 53 valence electrons. The zero-order valence-corrected chi connectivity index (χ0v) is 7.02. The van der Waals surface area contributed by atoms with E-state index < -0.39 is 0 Å². The quantitative estimate of drug-likeness (QED) is 0.639. The molecule has 1 radical (unpaired) electrons. The third-order valence-electron chi connectivity index (χ3n) is 1.11. The molecule has 0 aliphatic heterocycles. The van der Waals surface area contributed by atoms with E-state index >= 15 is 0 Å². The fourth-order valence-corrected chi connectivity index (χ4v) is 0.959. The zero-order valence-electron chi connectivity index (χ0n) is 5.44. The predicted molar refractivity (Wildman–Crippen MR) is 41.0 cm³/mol. The summed E-state index contributed by atoms with van der Waals surface area (Å²) in [6.45, 7) is 1.75. The van der Waals surface area contributed by atoms with Crippen molar-refractivity contribution in [3.05, 3.63) is 34.7 Å². The minimum absolute atomic E-state index is 0.286. The second-order valence-corrected chi connectivity index (χ2v) is 2.60. The van der Waals surface area contributed by atoms with Crippen molar-refractivity contribution in [2.45, 2.75) is 6.92 Å². The second kappa shape index (κ2) is 3.10. The topological polar surface area (TPSA) is 12.9 Å². The molecule has 0 bridgehead atoms. The lowest BCUT2D eigenvalue weighted by molar-refractivity contribution is 0.611. The van der Waals surface area contributed by atoms with Crippen LogP contribution in [0.4, 0.5) is 4.39 Å². The number of nitrogens with zero attached hydrogens (tertiary/aromatic N) is 1. The molecular formula is C7H6BrFN. The van der Waals surface area contributed by atoms with Gasteiger partial charge in [-0.2, -0.15) is 0 Å². The van der Waals surface area contributed by atoms with E-state index in [1.807, 2.05) is 0 Å². The van der Waals surface area contributed by atoms with Gasteiger partial charge in [-0.1, -0.05) is 6.92 Å². The molecule has 0 saturated carbocycles. The van der Waals surface area contributed by atoms with Crippen molar-refractivity contribution in [1.29, 1.82) is 0 Å². The summed E-state index contributed by atoms with van der Waals surface area (Å²) in [6.07, 6.45) is 1.63. The molecule has 0 saturated heterocycles. The Morgan fingerprint density at radius 1 is 1.60 bits per heavy atom. The largest absolute Gasteiger partial charge is 0.243 e. The monoisotopic (exact) mass is 202 g/mol. The molecule has 0 fully saturated rings. The van der Waals surface area contributed by atoms with Gasteiger partial charge in [-0.3, -0.25) is 0 Å². The van der Waals surface area contributed by atoms with Crippen LogP contribution in [-0.4, -0.2) is 4.98 Å². The van der Waals surface area contributed by atoms with E-state index in [9.17, 15) is 4.39 Å². The van der Waals surface area contributed by atoms with Crippen molar-refractivity contribution in [2.75, 3.05) is 0 Å². The molecule has 1 aromatic rings. The molecule has 1 heterocycles. The summed E-state index contributed by atoms with van der Waals surface area (Å²) < 4.78 is 13.3. The molecule has 0 aliphatic rings. The van der Waals surface area contributed by atoms with Crippen LogP contribution in [0.2, 0.25) is 0 Å². The summed E-state index contributed by atoms with van der Waals surface area (Å²) in [7, 11) is 0. The fraction of sp³-hybridized carbons (Fsp3) is 0.143. The smallest absolute Gasteiger partial charge is 0.145 e. The number of rotatable bonds is 1. The van der Waals surface area contributed by atoms with Crippen LogP contribution in [0.25, 0.3) is 0 Å². The Labute approximate surface area is 67.4 Å². The lowest BCUT2D eigenvalue weighted by Crippen LogP contribution is -1.90. The lowest BCUT2D eigenvalue weighted by Gasteiger charge is -1.96. The molecule has 0 unspecified atom stereocenters. The first-order valence-electron chi connectivity index (χ1n) is 2.85. The van der Waals surface area contributed by atoms with E-state index in [4.69, 9.17) is 0 Å². The minimum atomic E-state index is -0.286. The molecule has 1 nitrogen and oxygen atoms in total. The normalized spacial score (nSPS) is 9.90. The Balaban J connectivity index is 3.09. The van der Waals surface area contributed by atoms with E-state index in [2.05, 4.69) is 20.9 Å². The van der Waals surface area contributed by atoms with Gasteiger partial charge in [-0.05, 0) is 28.1 Å². The maximum atomic E-state index is 12.7. The number of aromatic nitrogens is 1. The van der Waals surface area contributed by atoms with Crippen molar-refractivity contribution >= 4 is 15.9 Å². The Morgan fingerprint density at radius 2 is 2.30 bits per heavy atom. The molecule has 0 aliphatic carbocycles. The van der Waals surface area contributed by atoms with Gasteiger partial charge < -0.3 is 0 Å². The van der Waals surface area contributed by atoms with E-state index in [0.717, 1.165) is 0 Å². The van der Waals surface area contributed by atoms with Crippen molar-refractivity contribution in [1.82, 2.24) is 4.98 Å². The predicted octanol–water partition coefficient (Wildman–Crippen LogP) is 2.56. The van der Waals surface area contributed by atoms with Crippen molar-refractivity contribution in [3.63, 3.8) is 0 Å². The van der Waals surface area contributed by atoms with Gasteiger partial charge in [0.1, 0.15) is 10.4 Å². The molecule has 1 aromatic heterocycles. The third-order valence-corrected chi connectivity index (χ3v) is 1.55. The van der Waals surface area contributed by atoms with Crippen LogP contribution < -0.4 is 0 Å². The van der Waals surface area contributed by atoms with Crippen molar-refractivity contribution in [3.8, 4) is 0 Å². The van der Waals surface area contributed by atoms with Crippen molar-refractivity contribution < 1.29 is 4.39 Å². The Hall–Kier alpha value is -0.440. The van der Waals surface area contributed by atoms with Gasteiger partial charge in [0.2, 0.25) is 0 Å². The molecule has 0 aromatic carbocycles. The van der Waals surface area contributed by atoms with Crippen LogP contribution in [0.1, 0.15) is 12.6 Å². The van der Waals surface area contributed by atoms with Crippen LogP contribution in [-0.2, 0) is 0 Å². The van der Waals surface area contributed by atoms with Crippen molar-refractivity contribution in [2.24, 2.45) is 0 Å². The number of hydrogen-bond donors (Lipinski definition) is 0. The first-order chi connectivity index (χ1) is 4.74. The van der Waals surface area contributed by atoms with Gasteiger partial charge in [0.15, 0.2) is 0 Å². The average Bonchev–Trinajstić information content (AvgIpc) is 1.94. The van der Waals surface area contributed by atoms with Crippen LogP contribution in [0.3, 0.4) is 0 Å².